The van der Waals surface area contributed by atoms with Crippen LogP contribution in [0.3, 0.4) is 0 Å². The van der Waals surface area contributed by atoms with Crippen molar-refractivity contribution in [3.8, 4) is 0 Å². The number of hydrogen-bond donors (Lipinski definition) is 1. The van der Waals surface area contributed by atoms with Crippen molar-refractivity contribution in [1.29, 1.82) is 0 Å². The van der Waals surface area contributed by atoms with E-state index in [1.54, 1.807) is 20.8 Å². The molecule has 0 aliphatic carbocycles. The van der Waals surface area contributed by atoms with E-state index in [2.05, 4.69) is 11.9 Å². The Labute approximate surface area is 106 Å². The third-order valence-electron chi connectivity index (χ3n) is 1.04. The van der Waals surface area contributed by atoms with Gasteiger partial charge in [0.2, 0.25) is 0 Å². The molecule has 0 atom stereocenters. The van der Waals surface area contributed by atoms with E-state index in [9.17, 15) is 17.8 Å². The molecule has 0 rings (SSSR count). The van der Waals surface area contributed by atoms with Crippen LogP contribution < -0.4 is 34.9 Å². The van der Waals surface area contributed by atoms with Gasteiger partial charge in [0.05, 0.1) is 0 Å². The Morgan fingerprint density at radius 2 is 1.71 bits per heavy atom. The molecular weight excluding hydrogens is 217 g/mol. The minimum absolute atomic E-state index is 0. The number of amides is 1. The number of nitrogens with one attached hydrogen (secondary N) is 1. The molecular formula is C7H12NNaO4S. The van der Waals surface area contributed by atoms with E-state index in [0.717, 1.165) is 0 Å². The van der Waals surface area contributed by atoms with Gasteiger partial charge < -0.3 is 9.87 Å². The van der Waals surface area contributed by atoms with Gasteiger partial charge in [-0.15, -0.1) is 0 Å². The Morgan fingerprint density at radius 1 is 1.36 bits per heavy atom. The van der Waals surface area contributed by atoms with Gasteiger partial charge in [0.1, 0.15) is 15.0 Å². The summed E-state index contributed by atoms with van der Waals surface area (Å²) in [5.41, 5.74) is -0.593. The molecule has 0 aromatic heterocycles. The van der Waals surface area contributed by atoms with Crippen molar-refractivity contribution in [2.75, 3.05) is 0 Å². The maximum absolute atomic E-state index is 11.0. The SMILES string of the molecule is C=C(C(=O)NC(C)(C)C)S(=O)(=O)[O-].[Na+]. The topological polar surface area (TPSA) is 86.3 Å². The van der Waals surface area contributed by atoms with Gasteiger partial charge in [0.25, 0.3) is 5.91 Å². The second-order valence-electron chi connectivity index (χ2n) is 3.58. The molecule has 0 aromatic carbocycles. The normalized spacial score (nSPS) is 11.4. The predicted molar refractivity (Wildman–Crippen MR) is 46.7 cm³/mol. The summed E-state index contributed by atoms with van der Waals surface area (Å²) < 4.78 is 31.0. The minimum atomic E-state index is -4.73. The van der Waals surface area contributed by atoms with E-state index in [4.69, 9.17) is 0 Å². The van der Waals surface area contributed by atoms with Crippen molar-refractivity contribution in [1.82, 2.24) is 5.32 Å². The molecule has 1 amide bonds. The first-order valence-electron chi connectivity index (χ1n) is 3.51. The van der Waals surface area contributed by atoms with Gasteiger partial charge in [-0.25, -0.2) is 8.42 Å². The van der Waals surface area contributed by atoms with Crippen LogP contribution in [0.5, 0.6) is 0 Å². The fraction of sp³-hybridized carbons (Fsp3) is 0.571. The molecule has 0 unspecified atom stereocenters. The third kappa shape index (κ3) is 6.56. The first-order valence-corrected chi connectivity index (χ1v) is 4.92. The second kappa shape index (κ2) is 5.27. The smallest absolute Gasteiger partial charge is 0.744 e. The van der Waals surface area contributed by atoms with Crippen molar-refractivity contribution in [2.45, 2.75) is 26.3 Å². The molecule has 0 saturated carbocycles. The van der Waals surface area contributed by atoms with Gasteiger partial charge in [-0.1, -0.05) is 6.58 Å². The first-order chi connectivity index (χ1) is 5.54. The van der Waals surface area contributed by atoms with E-state index in [0.29, 0.717) is 0 Å². The standard InChI is InChI=1S/C7H13NO4S.Na/c1-5(13(10,11)12)6(9)8-7(2,3)4;/h1H2,2-4H3,(H,8,9)(H,10,11,12);/q;+1/p-1. The molecule has 0 radical (unpaired) electrons. The Hall–Kier alpha value is 0.120. The fourth-order valence-electron chi connectivity index (χ4n) is 0.524. The summed E-state index contributed by atoms with van der Waals surface area (Å²) in [6.07, 6.45) is 0. The van der Waals surface area contributed by atoms with Gasteiger partial charge in [0, 0.05) is 5.54 Å². The zero-order valence-corrected chi connectivity index (χ0v) is 11.6. The van der Waals surface area contributed by atoms with E-state index in [1.807, 2.05) is 0 Å². The molecule has 0 aliphatic heterocycles. The Balaban J connectivity index is 0. The average Bonchev–Trinajstić information content (AvgIpc) is 1.79. The van der Waals surface area contributed by atoms with Crippen LogP contribution in [-0.4, -0.2) is 24.4 Å². The van der Waals surface area contributed by atoms with Gasteiger partial charge in [-0.3, -0.25) is 4.79 Å². The van der Waals surface area contributed by atoms with Gasteiger partial charge in [-0.05, 0) is 20.8 Å². The summed E-state index contributed by atoms with van der Waals surface area (Å²) in [5, 5.41) is 2.31. The number of rotatable bonds is 2. The van der Waals surface area contributed by atoms with E-state index >= 15 is 0 Å². The van der Waals surface area contributed by atoms with E-state index in [-0.39, 0.29) is 29.6 Å². The first kappa shape index (κ1) is 16.5. The van der Waals surface area contributed by atoms with Gasteiger partial charge in [0.15, 0.2) is 0 Å². The quantitative estimate of drug-likeness (QED) is 0.310. The van der Waals surface area contributed by atoms with Gasteiger partial charge >= 0.3 is 29.6 Å². The zero-order valence-electron chi connectivity index (χ0n) is 8.75. The molecule has 0 fully saturated rings. The molecule has 0 bridgehead atoms. The third-order valence-corrected chi connectivity index (χ3v) is 1.83. The summed E-state index contributed by atoms with van der Waals surface area (Å²) in [7, 11) is -4.73. The van der Waals surface area contributed by atoms with Crippen LogP contribution in [0.1, 0.15) is 20.8 Å². The van der Waals surface area contributed by atoms with Crippen molar-refractivity contribution < 1.29 is 47.3 Å². The number of hydrogen-bond acceptors (Lipinski definition) is 4. The van der Waals surface area contributed by atoms with Gasteiger partial charge in [-0.2, -0.15) is 0 Å². The van der Waals surface area contributed by atoms with Crippen molar-refractivity contribution in [3.63, 3.8) is 0 Å². The van der Waals surface area contributed by atoms with E-state index < -0.39 is 26.5 Å². The van der Waals surface area contributed by atoms with Crippen LogP contribution in [0.25, 0.3) is 0 Å². The van der Waals surface area contributed by atoms with Crippen LogP contribution in [0.2, 0.25) is 0 Å². The molecule has 0 saturated heterocycles. The molecule has 14 heavy (non-hydrogen) atoms. The molecule has 0 aromatic rings. The average molecular weight is 229 g/mol. The Morgan fingerprint density at radius 3 is 1.93 bits per heavy atom. The maximum Gasteiger partial charge on any atom is 1.00 e. The summed E-state index contributed by atoms with van der Waals surface area (Å²) in [5.74, 6) is -0.956. The largest absolute Gasteiger partial charge is 1.00 e. The van der Waals surface area contributed by atoms with Crippen LogP contribution in [0.4, 0.5) is 0 Å². The number of carbonyl (C=O) groups is 1. The monoisotopic (exact) mass is 229 g/mol. The molecule has 5 nitrogen and oxygen atoms in total. The summed E-state index contributed by atoms with van der Waals surface area (Å²) in [6.45, 7) is 7.88. The Bertz CT molecular complexity index is 328. The van der Waals surface area contributed by atoms with Crippen LogP contribution in [0.15, 0.2) is 11.5 Å². The summed E-state index contributed by atoms with van der Waals surface area (Å²) in [6, 6.07) is 0. The molecule has 76 valence electrons. The van der Waals surface area contributed by atoms with Crippen LogP contribution >= 0.6 is 0 Å². The maximum atomic E-state index is 11.0. The van der Waals surface area contributed by atoms with Crippen molar-refractivity contribution in [3.05, 3.63) is 11.5 Å². The summed E-state index contributed by atoms with van der Waals surface area (Å²) >= 11 is 0. The molecule has 0 heterocycles. The van der Waals surface area contributed by atoms with Crippen molar-refractivity contribution >= 4 is 16.0 Å². The molecule has 0 spiro atoms. The van der Waals surface area contributed by atoms with Crippen LogP contribution in [0, 0.1) is 0 Å². The molecule has 7 heteroatoms. The van der Waals surface area contributed by atoms with E-state index in [1.165, 1.54) is 0 Å². The van der Waals surface area contributed by atoms with Crippen molar-refractivity contribution in [2.24, 2.45) is 0 Å². The van der Waals surface area contributed by atoms with Crippen LogP contribution in [-0.2, 0) is 14.9 Å². The zero-order chi connectivity index (χ0) is 10.9. The second-order valence-corrected chi connectivity index (χ2v) is 4.98. The molecule has 0 aliphatic rings. The molecule has 1 N–H and O–H groups in total. The predicted octanol–water partition coefficient (Wildman–Crippen LogP) is -3.04. The summed E-state index contributed by atoms with van der Waals surface area (Å²) in [4.78, 5) is 10.1. The minimum Gasteiger partial charge on any atom is -0.744 e. The number of carbonyl (C=O) groups excluding carboxylic acids is 1. The Kier molecular flexibility index (Phi) is 6.23. The fourth-order valence-corrected chi connectivity index (χ4v) is 0.802.